The van der Waals surface area contributed by atoms with E-state index in [0.717, 1.165) is 29.9 Å². The molecule has 0 aliphatic rings. The van der Waals surface area contributed by atoms with Crippen LogP contribution in [-0.2, 0) is 11.2 Å². The van der Waals surface area contributed by atoms with E-state index in [1.54, 1.807) is 30.2 Å². The number of thiazole rings is 1. The number of halogens is 3. The van der Waals surface area contributed by atoms with Crippen LogP contribution in [0.2, 0.25) is 10.0 Å². The summed E-state index contributed by atoms with van der Waals surface area (Å²) in [7, 11) is 1.60. The topological polar surface area (TPSA) is 45.7 Å². The normalized spacial score (nSPS) is 10.9. The van der Waals surface area contributed by atoms with Crippen molar-refractivity contribution in [2.45, 2.75) is 20.3 Å². The van der Waals surface area contributed by atoms with Gasteiger partial charge in [0.15, 0.2) is 5.13 Å². The van der Waals surface area contributed by atoms with E-state index in [9.17, 15) is 4.79 Å². The van der Waals surface area contributed by atoms with Crippen LogP contribution in [0.1, 0.15) is 19.4 Å². The minimum Gasteiger partial charge on any atom is -0.494 e. The van der Waals surface area contributed by atoms with Crippen molar-refractivity contribution in [3.8, 4) is 5.75 Å². The zero-order chi connectivity index (χ0) is 21.7. The van der Waals surface area contributed by atoms with Gasteiger partial charge in [0, 0.05) is 18.1 Å². The fraction of sp³-hybridized carbons (Fsp3) is 0.364. The van der Waals surface area contributed by atoms with Crippen LogP contribution >= 0.6 is 46.9 Å². The molecule has 0 bridgehead atoms. The molecular weight excluding hydrogens is 477 g/mol. The van der Waals surface area contributed by atoms with Gasteiger partial charge < -0.3 is 9.64 Å². The number of benzene rings is 2. The lowest BCUT2D eigenvalue weighted by Gasteiger charge is -2.25. The Hall–Kier alpha value is -1.57. The average molecular weight is 503 g/mol. The molecule has 0 atom stereocenters. The van der Waals surface area contributed by atoms with E-state index in [2.05, 4.69) is 18.7 Å². The second-order valence-corrected chi connectivity index (χ2v) is 8.56. The number of ether oxygens (including phenoxy) is 1. The lowest BCUT2D eigenvalue weighted by molar-refractivity contribution is -0.118. The molecule has 0 spiro atoms. The second kappa shape index (κ2) is 11.9. The first-order chi connectivity index (χ1) is 14.5. The highest BCUT2D eigenvalue weighted by Gasteiger charge is 2.23. The summed E-state index contributed by atoms with van der Waals surface area (Å²) in [5, 5.41) is 1.79. The van der Waals surface area contributed by atoms with Crippen molar-refractivity contribution < 1.29 is 9.53 Å². The van der Waals surface area contributed by atoms with Crippen molar-refractivity contribution in [3.63, 3.8) is 0 Å². The summed E-state index contributed by atoms with van der Waals surface area (Å²) in [4.78, 5) is 22.1. The highest BCUT2D eigenvalue weighted by molar-refractivity contribution is 7.23. The number of nitrogens with zero attached hydrogens (tertiary/aromatic N) is 3. The number of carbonyl (C=O) groups is 1. The maximum absolute atomic E-state index is 13.3. The van der Waals surface area contributed by atoms with Crippen molar-refractivity contribution >= 4 is 68.2 Å². The van der Waals surface area contributed by atoms with Crippen LogP contribution in [0.25, 0.3) is 10.2 Å². The summed E-state index contributed by atoms with van der Waals surface area (Å²) in [6, 6.07) is 11.0. The number of hydrogen-bond acceptors (Lipinski definition) is 5. The number of hydrogen-bond donors (Lipinski definition) is 0. The highest BCUT2D eigenvalue weighted by Crippen LogP contribution is 2.38. The third-order valence-corrected chi connectivity index (χ3v) is 6.94. The molecule has 1 aromatic heterocycles. The Morgan fingerprint density at radius 2 is 1.77 bits per heavy atom. The van der Waals surface area contributed by atoms with Gasteiger partial charge in [-0.3, -0.25) is 9.69 Å². The first-order valence-electron chi connectivity index (χ1n) is 9.87. The summed E-state index contributed by atoms with van der Waals surface area (Å²) in [5.41, 5.74) is 1.47. The fourth-order valence-corrected chi connectivity index (χ4v) is 4.73. The van der Waals surface area contributed by atoms with E-state index < -0.39 is 0 Å². The SMILES string of the molecule is CCN(CC)CCN(C(=O)Cc1ccccc1Cl)c1nc2c(OC)ccc(Cl)c2s1.Cl. The largest absolute Gasteiger partial charge is 0.494 e. The van der Waals surface area contributed by atoms with Crippen LogP contribution in [0.4, 0.5) is 5.13 Å². The molecule has 1 heterocycles. The molecule has 5 nitrogen and oxygen atoms in total. The van der Waals surface area contributed by atoms with Crippen LogP contribution in [0, 0.1) is 0 Å². The van der Waals surface area contributed by atoms with Gasteiger partial charge in [-0.25, -0.2) is 4.98 Å². The van der Waals surface area contributed by atoms with Gasteiger partial charge in [0.2, 0.25) is 5.91 Å². The van der Waals surface area contributed by atoms with Crippen LogP contribution in [0.3, 0.4) is 0 Å². The molecule has 3 aromatic rings. The summed E-state index contributed by atoms with van der Waals surface area (Å²) < 4.78 is 6.25. The minimum atomic E-state index is -0.0515. The number of amides is 1. The molecule has 1 amide bonds. The van der Waals surface area contributed by atoms with Crippen LogP contribution in [0.15, 0.2) is 36.4 Å². The molecule has 9 heteroatoms. The van der Waals surface area contributed by atoms with Gasteiger partial charge in [-0.15, -0.1) is 12.4 Å². The quantitative estimate of drug-likeness (QED) is 0.363. The Morgan fingerprint density at radius 1 is 1.06 bits per heavy atom. The fourth-order valence-electron chi connectivity index (χ4n) is 3.23. The van der Waals surface area contributed by atoms with Crippen LogP contribution < -0.4 is 9.64 Å². The average Bonchev–Trinajstić information content (AvgIpc) is 3.19. The molecule has 0 N–H and O–H groups in total. The molecule has 0 saturated heterocycles. The molecule has 0 unspecified atom stereocenters. The van der Waals surface area contributed by atoms with E-state index >= 15 is 0 Å². The molecule has 0 fully saturated rings. The van der Waals surface area contributed by atoms with Crippen molar-refractivity contribution in [2.75, 3.05) is 38.2 Å². The molecule has 0 saturated carbocycles. The van der Waals surface area contributed by atoms with E-state index in [0.29, 0.717) is 33.0 Å². The monoisotopic (exact) mass is 501 g/mol. The van der Waals surface area contributed by atoms with Crippen molar-refractivity contribution in [3.05, 3.63) is 52.0 Å². The maximum Gasteiger partial charge on any atom is 0.233 e. The number of rotatable bonds is 9. The third-order valence-electron chi connectivity index (χ3n) is 5.03. The van der Waals surface area contributed by atoms with E-state index in [4.69, 9.17) is 32.9 Å². The van der Waals surface area contributed by atoms with E-state index in [1.807, 2.05) is 18.2 Å². The number of likely N-dealkylation sites (N-methyl/N-ethyl adjacent to an activating group) is 1. The van der Waals surface area contributed by atoms with Gasteiger partial charge in [-0.2, -0.15) is 0 Å². The lowest BCUT2D eigenvalue weighted by atomic mass is 10.1. The molecule has 2 aromatic carbocycles. The summed E-state index contributed by atoms with van der Waals surface area (Å²) >= 11 is 14.1. The number of anilines is 1. The van der Waals surface area contributed by atoms with Gasteiger partial charge in [-0.05, 0) is 36.9 Å². The Kier molecular flexibility index (Phi) is 9.85. The summed E-state index contributed by atoms with van der Waals surface area (Å²) in [6.45, 7) is 7.35. The predicted octanol–water partition coefficient (Wildman–Crippen LogP) is 5.95. The molecule has 0 radical (unpaired) electrons. The van der Waals surface area contributed by atoms with Crippen LogP contribution in [0.5, 0.6) is 5.75 Å². The molecule has 3 rings (SSSR count). The second-order valence-electron chi connectivity index (χ2n) is 6.76. The zero-order valence-electron chi connectivity index (χ0n) is 17.7. The number of carbonyl (C=O) groups excluding carboxylic acids is 1. The smallest absolute Gasteiger partial charge is 0.233 e. The van der Waals surface area contributed by atoms with Gasteiger partial charge in [0.1, 0.15) is 11.3 Å². The van der Waals surface area contributed by atoms with E-state index in [-0.39, 0.29) is 24.7 Å². The molecule has 0 aliphatic carbocycles. The maximum atomic E-state index is 13.3. The van der Waals surface area contributed by atoms with Crippen molar-refractivity contribution in [1.29, 1.82) is 0 Å². The standard InChI is InChI=1S/C22H25Cl2N3O2S.ClH/c1-4-26(5-2)12-13-27(19(28)14-15-8-6-7-9-16(15)23)22-25-20-18(29-3)11-10-17(24)21(20)30-22;/h6-11H,4-5,12-14H2,1-3H3;1H. The van der Waals surface area contributed by atoms with Gasteiger partial charge in [0.25, 0.3) is 0 Å². The Bertz CT molecular complexity index is 1020. The number of fused-ring (bicyclic) bond motifs is 1. The first-order valence-corrected chi connectivity index (χ1v) is 11.4. The van der Waals surface area contributed by atoms with E-state index in [1.165, 1.54) is 11.3 Å². The molecule has 31 heavy (non-hydrogen) atoms. The summed E-state index contributed by atoms with van der Waals surface area (Å²) in [6.07, 6.45) is 0.207. The molecule has 0 aliphatic heterocycles. The number of methoxy groups -OCH3 is 1. The molecule has 168 valence electrons. The minimum absolute atomic E-state index is 0. The Labute approximate surface area is 203 Å². The summed E-state index contributed by atoms with van der Waals surface area (Å²) in [5.74, 6) is 0.587. The first kappa shape index (κ1) is 25.7. The van der Waals surface area contributed by atoms with Gasteiger partial charge >= 0.3 is 0 Å². The van der Waals surface area contributed by atoms with Gasteiger partial charge in [0.05, 0.1) is 23.3 Å². The zero-order valence-corrected chi connectivity index (χ0v) is 20.9. The number of aromatic nitrogens is 1. The third kappa shape index (κ3) is 6.02. The Balaban J connectivity index is 0.00000341. The van der Waals surface area contributed by atoms with Crippen molar-refractivity contribution in [2.24, 2.45) is 0 Å². The Morgan fingerprint density at radius 3 is 2.42 bits per heavy atom. The highest BCUT2D eigenvalue weighted by atomic mass is 35.5. The lowest BCUT2D eigenvalue weighted by Crippen LogP contribution is -2.39. The van der Waals surface area contributed by atoms with Gasteiger partial charge in [-0.1, -0.05) is 66.6 Å². The molecular formula is C22H26Cl3N3O2S. The predicted molar refractivity (Wildman–Crippen MR) is 134 cm³/mol. The van der Waals surface area contributed by atoms with Crippen LogP contribution in [-0.4, -0.2) is 49.1 Å². The van der Waals surface area contributed by atoms with Crippen molar-refractivity contribution in [1.82, 2.24) is 9.88 Å².